The molecule has 10 nitrogen and oxygen atoms in total. The van der Waals surface area contributed by atoms with E-state index in [4.69, 9.17) is 16.7 Å². The van der Waals surface area contributed by atoms with Gasteiger partial charge in [0.25, 0.3) is 5.91 Å². The van der Waals surface area contributed by atoms with Gasteiger partial charge in [0.05, 0.1) is 16.3 Å². The first-order valence-corrected chi connectivity index (χ1v) is 11.5. The summed E-state index contributed by atoms with van der Waals surface area (Å²) in [4.78, 5) is 39.9. The summed E-state index contributed by atoms with van der Waals surface area (Å²) in [6.07, 6.45) is 3.45. The number of carbonyl (C=O) groups excluding carboxylic acids is 2. The van der Waals surface area contributed by atoms with Gasteiger partial charge in [0.15, 0.2) is 12.1 Å². The molecule has 12 heteroatoms. The molecule has 0 radical (unpaired) electrons. The first-order chi connectivity index (χ1) is 18.3. The highest BCUT2D eigenvalue weighted by Crippen LogP contribution is 2.25. The smallest absolute Gasteiger partial charge is 0.335 e. The number of hydrogen-bond donors (Lipinski definition) is 2. The zero-order chi connectivity index (χ0) is 27.2. The minimum Gasteiger partial charge on any atom is -0.478 e. The number of aromatic carboxylic acids is 1. The van der Waals surface area contributed by atoms with E-state index < -0.39 is 29.6 Å². The number of anilines is 1. The first-order valence-electron chi connectivity index (χ1n) is 11.1. The molecule has 1 aromatic heterocycles. The lowest BCUT2D eigenvalue weighted by molar-refractivity contribution is -0.125. The fraction of sp³-hybridized carbons (Fsp3) is 0.0769. The summed E-state index contributed by atoms with van der Waals surface area (Å²) in [5.74, 6) is -3.04. The summed E-state index contributed by atoms with van der Waals surface area (Å²) < 4.78 is 14.8. The van der Waals surface area contributed by atoms with Gasteiger partial charge in [-0.3, -0.25) is 9.59 Å². The molecule has 1 unspecified atom stereocenters. The summed E-state index contributed by atoms with van der Waals surface area (Å²) in [5.41, 5.74) is 1.16. The lowest BCUT2D eigenvalue weighted by Crippen LogP contribution is -2.41. The summed E-state index contributed by atoms with van der Waals surface area (Å²) in [6.45, 7) is 0. The van der Waals surface area contributed by atoms with Crippen molar-refractivity contribution in [1.82, 2.24) is 25.5 Å². The number of rotatable bonds is 8. The highest BCUT2D eigenvalue weighted by molar-refractivity contribution is 6.31. The number of tetrazole rings is 1. The number of amides is 2. The molecule has 2 amide bonds. The number of likely N-dealkylation sites (N-methyl/N-ethyl adjacent to an activating group) is 1. The fourth-order valence-corrected chi connectivity index (χ4v) is 3.76. The van der Waals surface area contributed by atoms with Gasteiger partial charge in [-0.25, -0.2) is 9.18 Å². The Morgan fingerprint density at radius 1 is 1.08 bits per heavy atom. The third-order valence-corrected chi connectivity index (χ3v) is 5.87. The molecule has 0 aliphatic carbocycles. The standard InChI is InChI=1S/C26H20ClFN6O4/c1-33(18-9-7-17(8-10-18)26(37)38)25(36)24(16-5-3-2-4-6-16)31-22(35)14-11-19-21(34-30-15-29-32-34)13-12-20(27)23(19)28/h2-15,24H,1H3,(H,31,35)(H,37,38). The Labute approximate surface area is 221 Å². The molecule has 4 aromatic rings. The third-order valence-electron chi connectivity index (χ3n) is 5.57. The van der Waals surface area contributed by atoms with Crippen LogP contribution in [0.1, 0.15) is 27.5 Å². The van der Waals surface area contributed by atoms with Crippen molar-refractivity contribution in [3.05, 3.63) is 107 Å². The normalized spacial score (nSPS) is 11.8. The van der Waals surface area contributed by atoms with E-state index in [0.29, 0.717) is 11.3 Å². The van der Waals surface area contributed by atoms with E-state index in [0.717, 1.165) is 10.9 Å². The van der Waals surface area contributed by atoms with Gasteiger partial charge >= 0.3 is 5.97 Å². The number of nitrogens with zero attached hydrogens (tertiary/aromatic N) is 5. The van der Waals surface area contributed by atoms with Crippen LogP contribution >= 0.6 is 11.6 Å². The monoisotopic (exact) mass is 534 g/mol. The Morgan fingerprint density at radius 3 is 2.42 bits per heavy atom. The van der Waals surface area contributed by atoms with E-state index in [1.54, 1.807) is 30.3 Å². The Kier molecular flexibility index (Phi) is 7.88. The van der Waals surface area contributed by atoms with Crippen molar-refractivity contribution in [3.63, 3.8) is 0 Å². The molecular formula is C26H20ClFN6O4. The maximum Gasteiger partial charge on any atom is 0.335 e. The van der Waals surface area contributed by atoms with Crippen molar-refractivity contribution in [2.24, 2.45) is 0 Å². The predicted octanol–water partition coefficient (Wildman–Crippen LogP) is 3.69. The van der Waals surface area contributed by atoms with Gasteiger partial charge in [-0.2, -0.15) is 0 Å². The Morgan fingerprint density at radius 2 is 1.79 bits per heavy atom. The lowest BCUT2D eigenvalue weighted by Gasteiger charge is -2.25. The van der Waals surface area contributed by atoms with Crippen molar-refractivity contribution in [2.75, 3.05) is 11.9 Å². The van der Waals surface area contributed by atoms with Gasteiger partial charge in [0.1, 0.15) is 6.04 Å². The largest absolute Gasteiger partial charge is 0.478 e. The van der Waals surface area contributed by atoms with Gasteiger partial charge in [-0.1, -0.05) is 41.9 Å². The van der Waals surface area contributed by atoms with E-state index in [1.807, 2.05) is 0 Å². The molecule has 0 aliphatic heterocycles. The zero-order valence-corrected chi connectivity index (χ0v) is 20.6. The molecule has 3 aromatic carbocycles. The quantitative estimate of drug-likeness (QED) is 0.330. The van der Waals surface area contributed by atoms with Gasteiger partial charge in [0, 0.05) is 24.4 Å². The van der Waals surface area contributed by atoms with Gasteiger partial charge in [0.2, 0.25) is 5.91 Å². The van der Waals surface area contributed by atoms with Crippen molar-refractivity contribution in [1.29, 1.82) is 0 Å². The van der Waals surface area contributed by atoms with E-state index in [-0.39, 0.29) is 21.8 Å². The van der Waals surface area contributed by atoms with Crippen LogP contribution in [0.4, 0.5) is 10.1 Å². The van der Waals surface area contributed by atoms with Crippen molar-refractivity contribution < 1.29 is 23.9 Å². The van der Waals surface area contributed by atoms with Crippen LogP contribution < -0.4 is 10.2 Å². The molecule has 0 fully saturated rings. The van der Waals surface area contributed by atoms with E-state index in [2.05, 4.69) is 20.7 Å². The van der Waals surface area contributed by atoms with E-state index in [1.165, 1.54) is 60.7 Å². The van der Waals surface area contributed by atoms with Gasteiger partial charge in [-0.05, 0) is 53.3 Å². The predicted molar refractivity (Wildman–Crippen MR) is 137 cm³/mol. The molecule has 0 saturated heterocycles. The van der Waals surface area contributed by atoms with E-state index >= 15 is 0 Å². The average Bonchev–Trinajstić information content (AvgIpc) is 3.47. The average molecular weight is 535 g/mol. The number of halogens is 2. The van der Waals surface area contributed by atoms with Gasteiger partial charge < -0.3 is 15.3 Å². The van der Waals surface area contributed by atoms with Crippen LogP contribution in [0.2, 0.25) is 5.02 Å². The summed E-state index contributed by atoms with van der Waals surface area (Å²) in [5, 5.41) is 22.9. The molecule has 192 valence electrons. The molecule has 38 heavy (non-hydrogen) atoms. The molecule has 2 N–H and O–H groups in total. The Balaban J connectivity index is 1.60. The molecule has 0 aliphatic rings. The number of hydrogen-bond acceptors (Lipinski definition) is 6. The molecule has 4 rings (SSSR count). The fourth-order valence-electron chi connectivity index (χ4n) is 3.60. The molecular weight excluding hydrogens is 515 g/mol. The third kappa shape index (κ3) is 5.73. The number of carboxylic acid groups (broad SMARTS) is 1. The topological polar surface area (TPSA) is 130 Å². The maximum absolute atomic E-state index is 14.8. The lowest BCUT2D eigenvalue weighted by atomic mass is 10.0. The van der Waals surface area contributed by atoms with Crippen LogP contribution in [0.3, 0.4) is 0 Å². The molecule has 0 saturated carbocycles. The van der Waals surface area contributed by atoms with Crippen molar-refractivity contribution >= 4 is 41.1 Å². The number of carboxylic acids is 1. The SMILES string of the molecule is CN(C(=O)C(NC(=O)C=Cc1c(-n2ncnn2)ccc(Cl)c1F)c1ccccc1)c1ccc(C(=O)O)cc1. The number of nitrogens with one attached hydrogen (secondary N) is 1. The molecule has 1 heterocycles. The van der Waals surface area contributed by atoms with Crippen LogP contribution in [-0.2, 0) is 9.59 Å². The summed E-state index contributed by atoms with van der Waals surface area (Å²) in [6, 6.07) is 16.0. The molecule has 1 atom stereocenters. The highest BCUT2D eigenvalue weighted by Gasteiger charge is 2.26. The van der Waals surface area contributed by atoms with Crippen LogP contribution in [-0.4, -0.2) is 50.1 Å². The van der Waals surface area contributed by atoms with Crippen LogP contribution in [0.25, 0.3) is 11.8 Å². The number of aromatic nitrogens is 4. The van der Waals surface area contributed by atoms with E-state index in [9.17, 15) is 18.8 Å². The second-order valence-corrected chi connectivity index (χ2v) is 8.36. The minimum atomic E-state index is -1.10. The summed E-state index contributed by atoms with van der Waals surface area (Å²) >= 11 is 5.93. The Bertz CT molecular complexity index is 1490. The second kappa shape index (κ2) is 11.4. The number of carbonyl (C=O) groups is 3. The minimum absolute atomic E-state index is 0.0520. The molecule has 0 bridgehead atoms. The van der Waals surface area contributed by atoms with Crippen LogP contribution in [0.15, 0.2) is 79.1 Å². The Hall–Kier alpha value is -4.90. The van der Waals surface area contributed by atoms with Crippen molar-refractivity contribution in [3.8, 4) is 5.69 Å². The summed E-state index contributed by atoms with van der Waals surface area (Å²) in [7, 11) is 1.51. The van der Waals surface area contributed by atoms with Crippen molar-refractivity contribution in [2.45, 2.75) is 6.04 Å². The zero-order valence-electron chi connectivity index (χ0n) is 19.8. The van der Waals surface area contributed by atoms with Gasteiger partial charge in [-0.15, -0.1) is 15.0 Å². The molecule has 0 spiro atoms. The second-order valence-electron chi connectivity index (χ2n) is 7.95. The van der Waals surface area contributed by atoms with Crippen LogP contribution in [0.5, 0.6) is 0 Å². The van der Waals surface area contributed by atoms with Crippen LogP contribution in [0, 0.1) is 5.82 Å². The highest BCUT2D eigenvalue weighted by atomic mass is 35.5. The number of benzene rings is 3. The first kappa shape index (κ1) is 26.2. The maximum atomic E-state index is 14.8.